The number of nitrogens with zero attached hydrogens (tertiary/aromatic N) is 1. The van der Waals surface area contributed by atoms with Gasteiger partial charge in [0, 0.05) is 36.8 Å². The molecule has 0 atom stereocenters. The minimum absolute atomic E-state index is 0.0416. The van der Waals surface area contributed by atoms with Gasteiger partial charge in [0.25, 0.3) is 5.91 Å². The van der Waals surface area contributed by atoms with Crippen molar-refractivity contribution >= 4 is 27.5 Å². The predicted octanol–water partition coefficient (Wildman–Crippen LogP) is 2.61. The Morgan fingerprint density at radius 1 is 1.07 bits per heavy atom. The smallest absolute Gasteiger partial charge is 0.251 e. The van der Waals surface area contributed by atoms with Gasteiger partial charge in [0.05, 0.1) is 6.26 Å². The molecule has 29 heavy (non-hydrogen) atoms. The van der Waals surface area contributed by atoms with E-state index in [9.17, 15) is 18.0 Å². The molecule has 1 aromatic rings. The number of carbonyl (C=O) groups excluding carboxylic acids is 2. The van der Waals surface area contributed by atoms with E-state index in [1.165, 1.54) is 17.0 Å². The summed E-state index contributed by atoms with van der Waals surface area (Å²) in [7, 11) is -3.14. The molecule has 2 amide bonds. The van der Waals surface area contributed by atoms with Crippen molar-refractivity contribution in [2.45, 2.75) is 44.9 Å². The molecule has 2 fully saturated rings. The van der Waals surface area contributed by atoms with Gasteiger partial charge in [-0.25, -0.2) is 12.7 Å². The third-order valence-corrected chi connectivity index (χ3v) is 7.27. The second kappa shape index (κ2) is 9.71. The van der Waals surface area contributed by atoms with Gasteiger partial charge in [0.15, 0.2) is 0 Å². The Hall–Kier alpha value is -1.93. The molecule has 0 bridgehead atoms. The van der Waals surface area contributed by atoms with Crippen LogP contribution in [0.25, 0.3) is 0 Å². The normalized spacial score (nSPS) is 19.6. The summed E-state index contributed by atoms with van der Waals surface area (Å²) < 4.78 is 24.6. The molecule has 1 aliphatic heterocycles. The Labute approximate surface area is 173 Å². The average Bonchev–Trinajstić information content (AvgIpc) is 2.72. The van der Waals surface area contributed by atoms with Crippen molar-refractivity contribution < 1.29 is 18.0 Å². The molecule has 0 unspecified atom stereocenters. The molecule has 7 nitrogen and oxygen atoms in total. The van der Waals surface area contributed by atoms with E-state index >= 15 is 0 Å². The number of amides is 2. The first-order valence-electron chi connectivity index (χ1n) is 10.5. The van der Waals surface area contributed by atoms with E-state index in [0.717, 1.165) is 38.5 Å². The first-order chi connectivity index (χ1) is 13.8. The van der Waals surface area contributed by atoms with Gasteiger partial charge in [-0.3, -0.25) is 9.59 Å². The highest BCUT2D eigenvalue weighted by atomic mass is 32.2. The number of hydrogen-bond donors (Lipinski definition) is 2. The van der Waals surface area contributed by atoms with Crippen molar-refractivity contribution in [2.24, 2.45) is 11.8 Å². The van der Waals surface area contributed by atoms with E-state index < -0.39 is 10.0 Å². The first kappa shape index (κ1) is 21.8. The van der Waals surface area contributed by atoms with Crippen LogP contribution in [0.1, 0.15) is 55.3 Å². The Morgan fingerprint density at radius 2 is 1.76 bits per heavy atom. The van der Waals surface area contributed by atoms with Gasteiger partial charge < -0.3 is 10.6 Å². The summed E-state index contributed by atoms with van der Waals surface area (Å²) in [6.45, 7) is 1.53. The van der Waals surface area contributed by atoms with Crippen LogP contribution >= 0.6 is 0 Å². The zero-order valence-corrected chi connectivity index (χ0v) is 17.8. The van der Waals surface area contributed by atoms with E-state index in [4.69, 9.17) is 0 Å². The SMILES string of the molecule is CS(=O)(=O)N1CCC(CNC(=O)c2cccc(NC(=O)C3CCCCC3)c2)CC1. The van der Waals surface area contributed by atoms with E-state index in [1.54, 1.807) is 24.3 Å². The Kier molecular flexibility index (Phi) is 7.29. The molecule has 1 aromatic carbocycles. The topological polar surface area (TPSA) is 95.6 Å². The van der Waals surface area contributed by atoms with Crippen molar-refractivity contribution in [1.82, 2.24) is 9.62 Å². The Morgan fingerprint density at radius 3 is 2.41 bits per heavy atom. The number of nitrogens with one attached hydrogen (secondary N) is 2. The van der Waals surface area contributed by atoms with Gasteiger partial charge in [-0.05, 0) is 49.8 Å². The highest BCUT2D eigenvalue weighted by molar-refractivity contribution is 7.88. The maximum atomic E-state index is 12.5. The summed E-state index contributed by atoms with van der Waals surface area (Å²) in [5.74, 6) is 0.203. The second-order valence-electron chi connectivity index (χ2n) is 8.22. The summed E-state index contributed by atoms with van der Waals surface area (Å²) in [5, 5.41) is 5.90. The third kappa shape index (κ3) is 6.27. The van der Waals surface area contributed by atoms with Gasteiger partial charge in [-0.1, -0.05) is 25.3 Å². The average molecular weight is 422 g/mol. The lowest BCUT2D eigenvalue weighted by Crippen LogP contribution is -2.41. The summed E-state index contributed by atoms with van der Waals surface area (Å²) in [6, 6.07) is 7.02. The molecule has 2 aliphatic rings. The lowest BCUT2D eigenvalue weighted by molar-refractivity contribution is -0.120. The van der Waals surface area contributed by atoms with Crippen LogP contribution in [0.5, 0.6) is 0 Å². The number of sulfonamides is 1. The van der Waals surface area contributed by atoms with Gasteiger partial charge in [0.2, 0.25) is 15.9 Å². The van der Waals surface area contributed by atoms with Gasteiger partial charge in [-0.2, -0.15) is 0 Å². The van der Waals surface area contributed by atoms with Gasteiger partial charge >= 0.3 is 0 Å². The fourth-order valence-electron chi connectivity index (χ4n) is 4.13. The largest absolute Gasteiger partial charge is 0.352 e. The number of benzene rings is 1. The number of piperidine rings is 1. The van der Waals surface area contributed by atoms with Crippen LogP contribution in [0.15, 0.2) is 24.3 Å². The molecule has 1 heterocycles. The van der Waals surface area contributed by atoms with E-state index in [1.807, 2.05) is 0 Å². The minimum atomic E-state index is -3.14. The van der Waals surface area contributed by atoms with E-state index in [0.29, 0.717) is 30.9 Å². The first-order valence-corrected chi connectivity index (χ1v) is 12.3. The second-order valence-corrected chi connectivity index (χ2v) is 10.2. The van der Waals surface area contributed by atoms with Crippen LogP contribution < -0.4 is 10.6 Å². The van der Waals surface area contributed by atoms with Crippen molar-refractivity contribution in [3.8, 4) is 0 Å². The molecule has 0 spiro atoms. The number of anilines is 1. The highest BCUT2D eigenvalue weighted by Gasteiger charge is 2.25. The third-order valence-electron chi connectivity index (χ3n) is 5.96. The zero-order chi connectivity index (χ0) is 20.9. The fourth-order valence-corrected chi connectivity index (χ4v) is 5.01. The highest BCUT2D eigenvalue weighted by Crippen LogP contribution is 2.25. The van der Waals surface area contributed by atoms with Crippen LogP contribution in [0.4, 0.5) is 5.69 Å². The molecule has 2 N–H and O–H groups in total. The molecular weight excluding hydrogens is 390 g/mol. The van der Waals surface area contributed by atoms with Crippen molar-refractivity contribution in [3.05, 3.63) is 29.8 Å². The molecule has 0 aromatic heterocycles. The van der Waals surface area contributed by atoms with E-state index in [2.05, 4.69) is 10.6 Å². The summed E-state index contributed by atoms with van der Waals surface area (Å²) in [4.78, 5) is 24.9. The Bertz CT molecular complexity index is 826. The van der Waals surface area contributed by atoms with Crippen LogP contribution in [0.2, 0.25) is 0 Å². The van der Waals surface area contributed by atoms with Crippen molar-refractivity contribution in [1.29, 1.82) is 0 Å². The van der Waals surface area contributed by atoms with Gasteiger partial charge in [0.1, 0.15) is 0 Å². The maximum absolute atomic E-state index is 12.5. The minimum Gasteiger partial charge on any atom is -0.352 e. The standard InChI is InChI=1S/C21H31N3O4S/c1-29(27,28)24-12-10-16(11-13-24)15-22-20(25)18-8-5-9-19(14-18)23-21(26)17-6-3-2-4-7-17/h5,8-9,14,16-17H,2-4,6-7,10-13,15H2,1H3,(H,22,25)(H,23,26). The molecule has 160 valence electrons. The quantitative estimate of drug-likeness (QED) is 0.738. The summed E-state index contributed by atoms with van der Waals surface area (Å²) in [5.41, 5.74) is 1.16. The van der Waals surface area contributed by atoms with Crippen LogP contribution in [0, 0.1) is 11.8 Å². The monoisotopic (exact) mass is 421 g/mol. The van der Waals surface area contributed by atoms with Crippen molar-refractivity contribution in [2.75, 3.05) is 31.2 Å². The number of rotatable bonds is 6. The lowest BCUT2D eigenvalue weighted by atomic mass is 9.88. The van der Waals surface area contributed by atoms with Gasteiger partial charge in [-0.15, -0.1) is 0 Å². The van der Waals surface area contributed by atoms with Crippen LogP contribution in [0.3, 0.4) is 0 Å². The molecule has 1 saturated heterocycles. The molecule has 3 rings (SSSR count). The summed E-state index contributed by atoms with van der Waals surface area (Å²) in [6.07, 6.45) is 7.99. The van der Waals surface area contributed by atoms with Crippen LogP contribution in [-0.2, 0) is 14.8 Å². The predicted molar refractivity (Wildman–Crippen MR) is 113 cm³/mol. The lowest BCUT2D eigenvalue weighted by Gasteiger charge is -2.30. The molecule has 1 saturated carbocycles. The molecule has 0 radical (unpaired) electrons. The fraction of sp³-hybridized carbons (Fsp3) is 0.619. The summed E-state index contributed by atoms with van der Waals surface area (Å²) >= 11 is 0. The molecule has 1 aliphatic carbocycles. The number of carbonyl (C=O) groups is 2. The van der Waals surface area contributed by atoms with Crippen molar-refractivity contribution in [3.63, 3.8) is 0 Å². The maximum Gasteiger partial charge on any atom is 0.251 e. The zero-order valence-electron chi connectivity index (χ0n) is 17.0. The number of hydrogen-bond acceptors (Lipinski definition) is 4. The van der Waals surface area contributed by atoms with E-state index in [-0.39, 0.29) is 23.7 Å². The van der Waals surface area contributed by atoms with Crippen LogP contribution in [-0.4, -0.2) is 50.4 Å². The molecule has 8 heteroatoms. The molecular formula is C21H31N3O4S. The Balaban J connectivity index is 1.49.